The van der Waals surface area contributed by atoms with Gasteiger partial charge in [-0.05, 0) is 63.4 Å². The van der Waals surface area contributed by atoms with Crippen molar-refractivity contribution in [2.45, 2.75) is 39.2 Å². The minimum atomic E-state index is 0. The smallest absolute Gasteiger partial charge is 0.226 e. The van der Waals surface area contributed by atoms with E-state index in [1.165, 1.54) is 38.9 Å². The number of nitrogens with zero attached hydrogens (tertiary/aromatic N) is 3. The van der Waals surface area contributed by atoms with Crippen LogP contribution in [0.1, 0.15) is 38.3 Å². The summed E-state index contributed by atoms with van der Waals surface area (Å²) < 4.78 is 5.58. The zero-order chi connectivity index (χ0) is 19.6. The number of unbranched alkanes of at least 4 members (excludes halogenated alkanes) is 1. The topological polar surface area (TPSA) is 65.7 Å². The van der Waals surface area contributed by atoms with Crippen LogP contribution < -0.4 is 10.6 Å². The predicted molar refractivity (Wildman–Crippen MR) is 130 cm³/mol. The second-order valence-corrected chi connectivity index (χ2v) is 7.59. The van der Waals surface area contributed by atoms with Crippen LogP contribution in [0.25, 0.3) is 11.5 Å². The summed E-state index contributed by atoms with van der Waals surface area (Å²) in [6.45, 7) is 7.62. The Labute approximate surface area is 191 Å². The zero-order valence-corrected chi connectivity index (χ0v) is 19.9. The van der Waals surface area contributed by atoms with E-state index in [4.69, 9.17) is 4.42 Å². The maximum atomic E-state index is 5.58. The number of likely N-dealkylation sites (tertiary alicyclic amines) is 1. The molecule has 1 aliphatic heterocycles. The van der Waals surface area contributed by atoms with E-state index in [0.717, 1.165) is 36.1 Å². The molecule has 160 valence electrons. The molecule has 0 bridgehead atoms. The molecule has 0 radical (unpaired) electrons. The molecule has 1 saturated heterocycles. The number of nitrogens with one attached hydrogen (secondary N) is 2. The summed E-state index contributed by atoms with van der Waals surface area (Å²) in [5.74, 6) is 2.35. The Hall–Kier alpha value is -1.61. The molecule has 0 atom stereocenters. The van der Waals surface area contributed by atoms with Crippen LogP contribution in [0.4, 0.5) is 0 Å². The van der Waals surface area contributed by atoms with Gasteiger partial charge in [-0.1, -0.05) is 25.1 Å². The highest BCUT2D eigenvalue weighted by atomic mass is 127. The second kappa shape index (κ2) is 12.8. The molecule has 1 fully saturated rings. The number of aromatic nitrogens is 1. The molecule has 0 saturated carbocycles. The highest BCUT2D eigenvalue weighted by Gasteiger charge is 2.14. The van der Waals surface area contributed by atoms with Crippen LogP contribution in [0.3, 0.4) is 0 Å². The van der Waals surface area contributed by atoms with E-state index in [-0.39, 0.29) is 24.0 Å². The fourth-order valence-corrected chi connectivity index (χ4v) is 3.45. The molecule has 0 unspecified atom stereocenters. The highest BCUT2D eigenvalue weighted by molar-refractivity contribution is 14.0. The lowest BCUT2D eigenvalue weighted by molar-refractivity contribution is 0.189. The van der Waals surface area contributed by atoms with Crippen molar-refractivity contribution in [3.8, 4) is 11.5 Å². The number of hydrogen-bond donors (Lipinski definition) is 2. The molecule has 1 aromatic carbocycles. The van der Waals surface area contributed by atoms with E-state index >= 15 is 0 Å². The Morgan fingerprint density at radius 3 is 2.66 bits per heavy atom. The lowest BCUT2D eigenvalue weighted by Gasteiger charge is -2.30. The van der Waals surface area contributed by atoms with Gasteiger partial charge in [0.15, 0.2) is 5.96 Å². The number of rotatable bonds is 8. The number of oxazole rings is 1. The van der Waals surface area contributed by atoms with Gasteiger partial charge in [0, 0.05) is 19.2 Å². The largest absolute Gasteiger partial charge is 0.444 e. The van der Waals surface area contributed by atoms with Crippen LogP contribution in [-0.2, 0) is 6.54 Å². The SMILES string of the molecule is CN=C(NCCCCN1CCC(C)CC1)NCc1coc(-c2ccccc2)n1.I. The average molecular weight is 511 g/mol. The highest BCUT2D eigenvalue weighted by Crippen LogP contribution is 2.18. The molecule has 2 aromatic rings. The number of piperidine rings is 1. The molecule has 0 aliphatic carbocycles. The summed E-state index contributed by atoms with van der Waals surface area (Å²) in [5.41, 5.74) is 1.85. The number of hydrogen-bond acceptors (Lipinski definition) is 4. The van der Waals surface area contributed by atoms with E-state index in [2.05, 4.69) is 32.4 Å². The Morgan fingerprint density at radius 2 is 1.93 bits per heavy atom. The van der Waals surface area contributed by atoms with Gasteiger partial charge in [-0.25, -0.2) is 4.98 Å². The normalized spacial score (nSPS) is 15.7. The lowest BCUT2D eigenvalue weighted by Crippen LogP contribution is -2.38. The number of benzene rings is 1. The first-order valence-electron chi connectivity index (χ1n) is 10.4. The van der Waals surface area contributed by atoms with Gasteiger partial charge in [-0.3, -0.25) is 4.99 Å². The summed E-state index contributed by atoms with van der Waals surface area (Å²) in [5, 5.41) is 6.69. The minimum Gasteiger partial charge on any atom is -0.444 e. The Morgan fingerprint density at radius 1 is 1.17 bits per heavy atom. The zero-order valence-electron chi connectivity index (χ0n) is 17.6. The van der Waals surface area contributed by atoms with Gasteiger partial charge in [0.25, 0.3) is 0 Å². The third kappa shape index (κ3) is 7.97. The lowest BCUT2D eigenvalue weighted by atomic mass is 9.99. The summed E-state index contributed by atoms with van der Waals surface area (Å²) in [6.07, 6.45) is 6.77. The quantitative estimate of drug-likeness (QED) is 0.242. The van der Waals surface area contributed by atoms with E-state index in [9.17, 15) is 0 Å². The average Bonchev–Trinajstić information content (AvgIpc) is 3.21. The summed E-state index contributed by atoms with van der Waals surface area (Å²) >= 11 is 0. The van der Waals surface area contributed by atoms with Gasteiger partial charge in [-0.2, -0.15) is 0 Å². The number of aliphatic imine (C=N–C) groups is 1. The molecule has 1 aliphatic rings. The van der Waals surface area contributed by atoms with E-state index in [1.54, 1.807) is 13.3 Å². The summed E-state index contributed by atoms with van der Waals surface area (Å²) in [4.78, 5) is 11.4. The molecule has 2 heterocycles. The second-order valence-electron chi connectivity index (χ2n) is 7.59. The van der Waals surface area contributed by atoms with Crippen molar-refractivity contribution in [2.75, 3.05) is 33.2 Å². The van der Waals surface area contributed by atoms with E-state index in [0.29, 0.717) is 12.4 Å². The third-order valence-electron chi connectivity index (χ3n) is 5.30. The molecule has 6 nitrogen and oxygen atoms in total. The van der Waals surface area contributed by atoms with Crippen LogP contribution in [0.15, 0.2) is 46.0 Å². The van der Waals surface area contributed by atoms with Crippen LogP contribution in [0.5, 0.6) is 0 Å². The van der Waals surface area contributed by atoms with Crippen LogP contribution in [0, 0.1) is 5.92 Å². The number of guanidine groups is 1. The molecule has 3 rings (SSSR count). The first-order chi connectivity index (χ1) is 13.7. The fourth-order valence-electron chi connectivity index (χ4n) is 3.45. The van der Waals surface area contributed by atoms with Crippen LogP contribution in [-0.4, -0.2) is 49.1 Å². The molecular formula is C22H34IN5O. The molecule has 7 heteroatoms. The van der Waals surface area contributed by atoms with Crippen LogP contribution in [0.2, 0.25) is 0 Å². The summed E-state index contributed by atoms with van der Waals surface area (Å²) in [7, 11) is 1.79. The molecule has 0 spiro atoms. The van der Waals surface area contributed by atoms with Crippen molar-refractivity contribution in [3.63, 3.8) is 0 Å². The maximum Gasteiger partial charge on any atom is 0.226 e. The molecule has 2 N–H and O–H groups in total. The van der Waals surface area contributed by atoms with E-state index in [1.807, 2.05) is 30.3 Å². The predicted octanol–water partition coefficient (Wildman–Crippen LogP) is 4.14. The van der Waals surface area contributed by atoms with Crippen molar-refractivity contribution in [1.82, 2.24) is 20.5 Å². The first-order valence-corrected chi connectivity index (χ1v) is 10.4. The van der Waals surface area contributed by atoms with E-state index < -0.39 is 0 Å². The van der Waals surface area contributed by atoms with Gasteiger partial charge >= 0.3 is 0 Å². The van der Waals surface area contributed by atoms with Crippen molar-refractivity contribution >= 4 is 29.9 Å². The monoisotopic (exact) mass is 511 g/mol. The summed E-state index contributed by atoms with van der Waals surface area (Å²) in [6, 6.07) is 9.93. The van der Waals surface area contributed by atoms with Gasteiger partial charge in [0.2, 0.25) is 5.89 Å². The van der Waals surface area contributed by atoms with Crippen molar-refractivity contribution in [1.29, 1.82) is 0 Å². The van der Waals surface area contributed by atoms with Gasteiger partial charge in [-0.15, -0.1) is 24.0 Å². The van der Waals surface area contributed by atoms with Gasteiger partial charge < -0.3 is 20.0 Å². The van der Waals surface area contributed by atoms with Gasteiger partial charge in [0.1, 0.15) is 6.26 Å². The first kappa shape index (κ1) is 23.7. The molecule has 0 amide bonds. The van der Waals surface area contributed by atoms with Crippen molar-refractivity contribution in [3.05, 3.63) is 42.3 Å². The molecule has 29 heavy (non-hydrogen) atoms. The Bertz CT molecular complexity index is 726. The Kier molecular flexibility index (Phi) is 10.5. The standard InChI is InChI=1S/C22H33N5O.HI/c1-18-10-14-27(15-11-18)13-7-6-12-24-22(23-2)25-16-20-17-28-21(26-20)19-8-4-3-5-9-19;/h3-5,8-9,17-18H,6-7,10-16H2,1-2H3,(H2,23,24,25);1H. The van der Waals surface area contributed by atoms with Gasteiger partial charge in [0.05, 0.1) is 12.2 Å². The molecular weight excluding hydrogens is 477 g/mol. The van der Waals surface area contributed by atoms with Crippen molar-refractivity contribution in [2.24, 2.45) is 10.9 Å². The molecule has 1 aromatic heterocycles. The Balaban J connectivity index is 0.00000300. The van der Waals surface area contributed by atoms with Crippen LogP contribution >= 0.6 is 24.0 Å². The third-order valence-corrected chi connectivity index (χ3v) is 5.30. The maximum absolute atomic E-state index is 5.58. The fraction of sp³-hybridized carbons (Fsp3) is 0.545. The number of halogens is 1. The van der Waals surface area contributed by atoms with Crippen molar-refractivity contribution < 1.29 is 4.42 Å². The minimum absolute atomic E-state index is 0.